The summed E-state index contributed by atoms with van der Waals surface area (Å²) in [6.45, 7) is 11.5. The molecule has 0 saturated heterocycles. The van der Waals surface area contributed by atoms with Crippen molar-refractivity contribution in [2.45, 2.75) is 58.3 Å². The summed E-state index contributed by atoms with van der Waals surface area (Å²) < 4.78 is 13.1. The summed E-state index contributed by atoms with van der Waals surface area (Å²) in [6, 6.07) is 13.6. The lowest BCUT2D eigenvalue weighted by molar-refractivity contribution is 0.332. The maximum atomic E-state index is 13.1. The zero-order valence-electron chi connectivity index (χ0n) is 15.4. The highest BCUT2D eigenvalue weighted by molar-refractivity contribution is 5.80. The number of halogens is 1. The van der Waals surface area contributed by atoms with E-state index in [1.54, 1.807) is 0 Å². The number of benzene rings is 2. The van der Waals surface area contributed by atoms with Crippen LogP contribution in [-0.2, 0) is 10.8 Å². The Bertz CT molecular complexity index is 776. The van der Waals surface area contributed by atoms with Gasteiger partial charge in [0.15, 0.2) is 0 Å². The van der Waals surface area contributed by atoms with Crippen molar-refractivity contribution in [3.63, 3.8) is 0 Å². The fourth-order valence-corrected chi connectivity index (χ4v) is 3.74. The first-order valence-corrected chi connectivity index (χ1v) is 8.78. The average molecular weight is 322 g/mol. The molecule has 0 saturated carbocycles. The molecule has 0 aliphatic heterocycles. The minimum Gasteiger partial charge on any atom is -0.207 e. The molecule has 0 N–H and O–H groups in total. The molecule has 24 heavy (non-hydrogen) atoms. The van der Waals surface area contributed by atoms with Crippen LogP contribution in [0.4, 0.5) is 4.39 Å². The largest absolute Gasteiger partial charge is 0.207 e. The van der Waals surface area contributed by atoms with E-state index >= 15 is 0 Å². The highest BCUT2D eigenvalue weighted by atomic mass is 19.1. The van der Waals surface area contributed by atoms with Crippen LogP contribution in [0.15, 0.2) is 42.5 Å². The molecule has 0 nitrogen and oxygen atoms in total. The Hall–Kier alpha value is -1.89. The Morgan fingerprint density at radius 1 is 0.875 bits per heavy atom. The normalized spacial score (nSPS) is 19.0. The molecule has 1 aliphatic rings. The first-order valence-electron chi connectivity index (χ1n) is 8.78. The molecule has 0 atom stereocenters. The predicted molar refractivity (Wildman–Crippen MR) is 102 cm³/mol. The Morgan fingerprint density at radius 2 is 1.46 bits per heavy atom. The second-order valence-electron chi connectivity index (χ2n) is 8.41. The summed E-state index contributed by atoms with van der Waals surface area (Å²) in [7, 11) is 0. The van der Waals surface area contributed by atoms with Crippen LogP contribution < -0.4 is 0 Å². The first-order chi connectivity index (χ1) is 11.2. The van der Waals surface area contributed by atoms with Crippen molar-refractivity contribution in [3.05, 3.63) is 70.5 Å². The smallest absolute Gasteiger partial charge is 0.123 e. The molecule has 0 unspecified atom stereocenters. The van der Waals surface area contributed by atoms with Crippen LogP contribution in [-0.4, -0.2) is 0 Å². The van der Waals surface area contributed by atoms with Gasteiger partial charge in [-0.25, -0.2) is 4.39 Å². The molecule has 0 spiro atoms. The minimum absolute atomic E-state index is 0.190. The molecule has 1 aliphatic carbocycles. The lowest BCUT2D eigenvalue weighted by Crippen LogP contribution is -2.33. The molecule has 1 heteroatoms. The molecule has 0 aromatic heterocycles. The van der Waals surface area contributed by atoms with Gasteiger partial charge in [-0.1, -0.05) is 64.1 Å². The molecule has 3 rings (SSSR count). The fraction of sp³-hybridized carbons (Fsp3) is 0.391. The predicted octanol–water partition coefficient (Wildman–Crippen LogP) is 6.74. The van der Waals surface area contributed by atoms with Gasteiger partial charge in [-0.15, -0.1) is 0 Å². The summed E-state index contributed by atoms with van der Waals surface area (Å²) in [5.74, 6) is -0.190. The lowest BCUT2D eigenvalue weighted by atomic mass is 9.63. The second kappa shape index (κ2) is 5.88. The van der Waals surface area contributed by atoms with Crippen molar-refractivity contribution in [2.24, 2.45) is 0 Å². The van der Waals surface area contributed by atoms with Gasteiger partial charge in [0, 0.05) is 0 Å². The van der Waals surface area contributed by atoms with Crippen molar-refractivity contribution < 1.29 is 4.39 Å². The van der Waals surface area contributed by atoms with E-state index in [1.165, 1.54) is 41.7 Å². The quantitative estimate of drug-likeness (QED) is 0.537. The van der Waals surface area contributed by atoms with Gasteiger partial charge in [-0.3, -0.25) is 0 Å². The summed E-state index contributed by atoms with van der Waals surface area (Å²) in [6.07, 6.45) is 4.65. The number of hydrogen-bond acceptors (Lipinski definition) is 0. The number of rotatable bonds is 2. The van der Waals surface area contributed by atoms with Crippen LogP contribution in [0, 0.1) is 5.82 Å². The van der Waals surface area contributed by atoms with Crippen LogP contribution in [0.3, 0.4) is 0 Å². The van der Waals surface area contributed by atoms with Gasteiger partial charge in [0.05, 0.1) is 0 Å². The van der Waals surface area contributed by atoms with Crippen molar-refractivity contribution >= 4 is 11.6 Å². The van der Waals surface area contributed by atoms with Gasteiger partial charge in [-0.05, 0) is 70.6 Å². The highest BCUT2D eigenvalue weighted by Gasteiger charge is 2.36. The van der Waals surface area contributed by atoms with E-state index in [2.05, 4.69) is 58.9 Å². The van der Waals surface area contributed by atoms with Gasteiger partial charge >= 0.3 is 0 Å². The Balaban J connectivity index is 2.02. The SMILES string of the molecule is CC(=Cc1ccc2c(c1)C(C)(C)CCC2(C)C)c1ccc(F)cc1. The van der Waals surface area contributed by atoms with Crippen LogP contribution in [0.1, 0.15) is 69.7 Å². The zero-order valence-corrected chi connectivity index (χ0v) is 15.4. The van der Waals surface area contributed by atoms with E-state index in [1.807, 2.05) is 12.1 Å². The van der Waals surface area contributed by atoms with Gasteiger partial charge in [0.2, 0.25) is 0 Å². The van der Waals surface area contributed by atoms with E-state index in [0.29, 0.717) is 0 Å². The lowest BCUT2D eigenvalue weighted by Gasteiger charge is -2.42. The third-order valence-corrected chi connectivity index (χ3v) is 5.56. The van der Waals surface area contributed by atoms with Crippen molar-refractivity contribution in [3.8, 4) is 0 Å². The van der Waals surface area contributed by atoms with E-state index in [4.69, 9.17) is 0 Å². The van der Waals surface area contributed by atoms with Crippen LogP contribution in [0.25, 0.3) is 11.6 Å². The molecule has 0 bridgehead atoms. The molecule has 0 fully saturated rings. The molecule has 0 heterocycles. The van der Waals surface area contributed by atoms with Crippen LogP contribution in [0.5, 0.6) is 0 Å². The molecule has 2 aromatic rings. The molecule has 2 aromatic carbocycles. The van der Waals surface area contributed by atoms with Gasteiger partial charge < -0.3 is 0 Å². The van der Waals surface area contributed by atoms with Gasteiger partial charge in [0.25, 0.3) is 0 Å². The van der Waals surface area contributed by atoms with Gasteiger partial charge in [-0.2, -0.15) is 0 Å². The zero-order chi connectivity index (χ0) is 17.5. The summed E-state index contributed by atoms with van der Waals surface area (Å²) >= 11 is 0. The van der Waals surface area contributed by atoms with Gasteiger partial charge in [0.1, 0.15) is 5.82 Å². The topological polar surface area (TPSA) is 0 Å². The van der Waals surface area contributed by atoms with Crippen LogP contribution in [0.2, 0.25) is 0 Å². The number of allylic oxidation sites excluding steroid dienone is 1. The number of fused-ring (bicyclic) bond motifs is 1. The molecular formula is C23H27F. The van der Waals surface area contributed by atoms with Crippen molar-refractivity contribution in [1.29, 1.82) is 0 Å². The summed E-state index contributed by atoms with van der Waals surface area (Å²) in [5.41, 5.74) is 6.87. The third-order valence-electron chi connectivity index (χ3n) is 5.56. The Kier molecular flexibility index (Phi) is 4.15. The molecular weight excluding hydrogens is 295 g/mol. The Morgan fingerprint density at radius 3 is 2.08 bits per heavy atom. The van der Waals surface area contributed by atoms with Crippen molar-refractivity contribution in [1.82, 2.24) is 0 Å². The van der Waals surface area contributed by atoms with E-state index in [0.717, 1.165) is 11.1 Å². The summed E-state index contributed by atoms with van der Waals surface area (Å²) in [5, 5.41) is 0. The summed E-state index contributed by atoms with van der Waals surface area (Å²) in [4.78, 5) is 0. The molecule has 126 valence electrons. The standard InChI is InChI=1S/C23H27F/c1-16(18-7-9-19(24)10-8-18)14-17-6-11-20-21(15-17)23(4,5)13-12-22(20,2)3/h6-11,14-15H,12-13H2,1-5H3. The average Bonchev–Trinajstić information content (AvgIpc) is 2.52. The van der Waals surface area contributed by atoms with Crippen LogP contribution >= 0.6 is 0 Å². The van der Waals surface area contributed by atoms with E-state index in [-0.39, 0.29) is 16.6 Å². The number of hydrogen-bond donors (Lipinski definition) is 0. The maximum Gasteiger partial charge on any atom is 0.123 e. The van der Waals surface area contributed by atoms with Crippen molar-refractivity contribution in [2.75, 3.05) is 0 Å². The van der Waals surface area contributed by atoms with E-state index < -0.39 is 0 Å². The monoisotopic (exact) mass is 322 g/mol. The molecule has 0 radical (unpaired) electrons. The Labute approximate surface area is 145 Å². The minimum atomic E-state index is -0.190. The third kappa shape index (κ3) is 3.17. The molecule has 0 amide bonds. The second-order valence-corrected chi connectivity index (χ2v) is 8.41. The first kappa shape index (κ1) is 17.0. The maximum absolute atomic E-state index is 13.1. The fourth-order valence-electron chi connectivity index (χ4n) is 3.74. The highest BCUT2D eigenvalue weighted by Crippen LogP contribution is 2.46. The van der Waals surface area contributed by atoms with E-state index in [9.17, 15) is 4.39 Å².